The van der Waals surface area contributed by atoms with Gasteiger partial charge < -0.3 is 118 Å². The first kappa shape index (κ1) is 105. The quantitative estimate of drug-likeness (QED) is 0.0117. The van der Waals surface area contributed by atoms with E-state index in [1.165, 1.54) is 0 Å². The summed E-state index contributed by atoms with van der Waals surface area (Å²) < 4.78 is 156. The Balaban J connectivity index is 0.000000257. The van der Waals surface area contributed by atoms with Crippen molar-refractivity contribution in [2.24, 2.45) is 0 Å². The number of phosphoric acid groups is 6. The number of aliphatic hydroxyl groups excluding tert-OH is 9. The molecule has 8 unspecified atom stereocenters. The molecule has 0 saturated carbocycles. The number of hydrogen-bond acceptors (Lipinski definition) is 52. The number of ether oxygens (including phenoxy) is 8. The van der Waals surface area contributed by atoms with Crippen LogP contribution in [0.2, 0.25) is 0 Å². The number of nitrogens with zero attached hydrogens (tertiary/aromatic N) is 4. The van der Waals surface area contributed by atoms with Crippen molar-refractivity contribution in [1.29, 1.82) is 0 Å². The van der Waals surface area contributed by atoms with Gasteiger partial charge in [0.2, 0.25) is 23.0 Å². The van der Waals surface area contributed by atoms with Gasteiger partial charge in [-0.2, -0.15) is 41.1 Å². The molecular formula is C48H67Cl2N8O58P7. The number of nitrogens with one attached hydrogen (secondary N) is 4. The molecule has 5 aliphatic heterocycles. The van der Waals surface area contributed by atoms with Gasteiger partial charge in [0.15, 0.2) is 51.3 Å². The van der Waals surface area contributed by atoms with Gasteiger partial charge in [-0.25, -0.2) is 65.7 Å². The van der Waals surface area contributed by atoms with Crippen molar-refractivity contribution in [3.05, 3.63) is 108 Å². The lowest BCUT2D eigenvalue weighted by molar-refractivity contribution is -0.256. The highest BCUT2D eigenvalue weighted by atomic mass is 35.9. The van der Waals surface area contributed by atoms with Crippen LogP contribution >= 0.6 is 75.5 Å². The smallest absolute Gasteiger partial charge is 0.475 e. The van der Waals surface area contributed by atoms with Gasteiger partial charge in [-0.15, -0.1) is 0 Å². The molecule has 696 valence electrons. The van der Waals surface area contributed by atoms with E-state index in [4.69, 9.17) is 80.2 Å². The number of carbonyl (C=O) groups excluding carboxylic acids is 4. The molecule has 5 aliphatic rings. The Hall–Kier alpha value is -7.25. The topological polar surface area (TPSA) is 932 Å². The second-order valence-electron chi connectivity index (χ2n) is 23.2. The lowest BCUT2D eigenvalue weighted by atomic mass is 10.1. The van der Waals surface area contributed by atoms with Gasteiger partial charge in [-0.05, 0) is 22.5 Å². The van der Waals surface area contributed by atoms with E-state index >= 15 is 0 Å². The van der Waals surface area contributed by atoms with Crippen molar-refractivity contribution in [2.45, 2.75) is 98.2 Å². The van der Waals surface area contributed by atoms with Gasteiger partial charge in [0.1, 0.15) is 73.2 Å². The molecular weight excluding hydrogens is 1900 g/mol. The number of halogens is 2. The van der Waals surface area contributed by atoms with Crippen LogP contribution < -0.4 is 63.9 Å². The Morgan fingerprint density at radius 1 is 0.415 bits per heavy atom. The van der Waals surface area contributed by atoms with E-state index in [0.717, 1.165) is 51.6 Å². The van der Waals surface area contributed by atoms with E-state index in [-0.39, 0.29) is 0 Å². The van der Waals surface area contributed by atoms with Crippen LogP contribution in [0, 0.1) is 0 Å². The summed E-state index contributed by atoms with van der Waals surface area (Å²) in [5.74, 6) is -6.14. The third-order valence-corrected chi connectivity index (χ3v) is 24.9. The summed E-state index contributed by atoms with van der Waals surface area (Å²) >= 11 is 10.5. The third kappa shape index (κ3) is 30.5. The van der Waals surface area contributed by atoms with Crippen molar-refractivity contribution in [1.82, 2.24) is 38.2 Å². The molecule has 19 N–H and O–H groups in total. The fourth-order valence-corrected chi connectivity index (χ4v) is 18.3. The number of aliphatic hydroxyl groups is 9. The third-order valence-electron chi connectivity index (χ3n) is 14.7. The van der Waals surface area contributed by atoms with Gasteiger partial charge in [-0.3, -0.25) is 90.5 Å². The van der Waals surface area contributed by atoms with Crippen LogP contribution in [-0.2, 0) is 144 Å². The van der Waals surface area contributed by atoms with Gasteiger partial charge in [0, 0.05) is 0 Å². The van der Waals surface area contributed by atoms with Crippen molar-refractivity contribution in [2.75, 3.05) is 81.3 Å². The van der Waals surface area contributed by atoms with Crippen LogP contribution in [-0.4, -0.2) is 292 Å². The molecule has 9 heterocycles. The summed E-state index contributed by atoms with van der Waals surface area (Å²) in [4.78, 5) is 235. The molecule has 9 rings (SSSR count). The molecule has 123 heavy (non-hydrogen) atoms. The lowest BCUT2D eigenvalue weighted by Crippen LogP contribution is -2.38. The van der Waals surface area contributed by atoms with Gasteiger partial charge in [0.25, 0.3) is 22.2 Å². The van der Waals surface area contributed by atoms with Crippen LogP contribution in [0.1, 0.15) is 24.9 Å². The number of aromatic nitrogens is 8. The maximum atomic E-state index is 12.3. The minimum atomic E-state index is -5.81. The number of rotatable bonds is 34. The van der Waals surface area contributed by atoms with Crippen molar-refractivity contribution in [3.63, 3.8) is 0 Å². The molecule has 5 fully saturated rings. The van der Waals surface area contributed by atoms with Gasteiger partial charge >= 0.3 is 99.6 Å². The summed E-state index contributed by atoms with van der Waals surface area (Å²) in [5.41, 5.74) is -8.34. The highest BCUT2D eigenvalue weighted by molar-refractivity contribution is 8.05. The monoisotopic (exact) mass is 1970 g/mol. The zero-order valence-corrected chi connectivity index (χ0v) is 68.9. The zero-order chi connectivity index (χ0) is 92.6. The molecule has 75 heteroatoms. The Labute approximate surface area is 684 Å². The molecule has 5 saturated heterocycles. The minimum absolute atomic E-state index is 0.430. The van der Waals surface area contributed by atoms with Gasteiger partial charge in [-0.1, -0.05) is 0 Å². The summed E-state index contributed by atoms with van der Waals surface area (Å²) in [6, 6.07) is 0. The first-order valence-corrected chi connectivity index (χ1v) is 44.4. The number of hydrogen-bond donors (Lipinski definition) is 19. The minimum Gasteiger partial charge on any atom is -0.475 e. The molecule has 0 aliphatic carbocycles. The summed E-state index contributed by atoms with van der Waals surface area (Å²) in [6.07, 6.45) is -26.5. The van der Waals surface area contributed by atoms with Crippen LogP contribution in [0.15, 0.2) is 63.1 Å². The molecule has 4 aromatic heterocycles. The zero-order valence-electron chi connectivity index (χ0n) is 61.1. The molecule has 0 aromatic carbocycles. The molecule has 66 nitrogen and oxygen atoms in total. The van der Waals surface area contributed by atoms with Crippen LogP contribution in [0.4, 0.5) is 0 Å². The summed E-state index contributed by atoms with van der Waals surface area (Å²) in [5, 5.41) is 89.7. The Morgan fingerprint density at radius 2 is 0.683 bits per heavy atom. The Kier molecular flexibility index (Phi) is 37.8. The van der Waals surface area contributed by atoms with E-state index in [9.17, 15) is 145 Å². The van der Waals surface area contributed by atoms with Crippen LogP contribution in [0.5, 0.6) is 23.0 Å². The SMILES string of the molecule is COOC(=O)COc1cn([C@@H]2O[C@H](CO)[C@H](O)C2O)c(=O)[nH]c1=O.COOC(=O)COc1cn([C@@H]2O[C@H](COP(=O)(Cl)Cl)[C@H](O)C2O)c(=O)[nH]c1=O.COOC(=O)COc1cn([C@@H]2O[C@H](COP(=O)(O)OP(=O)(O)OP(=O)(O)O)[C@H](O)C2O)c(=O)[nH]c1=O.COOC(=O)COc1cn([C@@H]2O[C@H](COP3(=O)OP(=O)(O)OP(=O)(O)O3)[C@H](O)C2O)c(=O)[nH]c1=O. The first-order valence-electron chi connectivity index (χ1n) is 32.0. The fraction of sp³-hybridized carbons (Fsp3) is 0.583. The highest BCUT2D eigenvalue weighted by Crippen LogP contribution is 2.80. The van der Waals surface area contributed by atoms with Crippen molar-refractivity contribution >= 4 is 99.4 Å². The Bertz CT molecular complexity index is 5230. The first-order chi connectivity index (χ1) is 57.0. The molecule has 4 aromatic rings. The van der Waals surface area contributed by atoms with E-state index in [0.29, 0.717) is 19.9 Å². The molecule has 0 spiro atoms. The lowest BCUT2D eigenvalue weighted by Gasteiger charge is -2.27. The average Bonchev–Trinajstić information content (AvgIpc) is 1.29. The van der Waals surface area contributed by atoms with Crippen LogP contribution in [0.3, 0.4) is 0 Å². The average molecular weight is 1970 g/mol. The maximum Gasteiger partial charge on any atom is 0.492 e. The van der Waals surface area contributed by atoms with Gasteiger partial charge in [0.05, 0.1) is 79.7 Å². The number of H-pyrrole nitrogens is 4. The number of phosphoric ester groups is 1. The largest absolute Gasteiger partial charge is 0.492 e. The predicted molar refractivity (Wildman–Crippen MR) is 372 cm³/mol. The maximum absolute atomic E-state index is 12.3. The van der Waals surface area contributed by atoms with E-state index < -0.39 is 296 Å². The molecule has 0 bridgehead atoms. The normalized spacial score (nSPS) is 28.9. The van der Waals surface area contributed by atoms with Crippen LogP contribution in [0.25, 0.3) is 0 Å². The number of aromatic amines is 4. The molecule has 20 atom stereocenters. The molecule has 0 amide bonds. The van der Waals surface area contributed by atoms with E-state index in [1.807, 2.05) is 15.0 Å². The van der Waals surface area contributed by atoms with Crippen molar-refractivity contribution in [3.8, 4) is 23.0 Å². The Morgan fingerprint density at radius 3 is 0.943 bits per heavy atom. The number of carbonyl (C=O) groups is 4. The van der Waals surface area contributed by atoms with E-state index in [2.05, 4.69) is 74.2 Å². The second-order valence-corrected chi connectivity index (χ2v) is 36.9. The highest BCUT2D eigenvalue weighted by Gasteiger charge is 2.56. The fourth-order valence-electron chi connectivity index (χ4n) is 9.72. The van der Waals surface area contributed by atoms with E-state index in [1.54, 1.807) is 4.98 Å². The second kappa shape index (κ2) is 44.5. The standard InChI is InChI=1S/C12H15Cl2N2O11P.C12H19N2O19P3.C12H17N2O18P3.C12H16N2O10/c1-23-27-7(17)4-24-5-2-16(12(21)15-10(5)20)11-9(19)8(18)6(26-11)3-25-28(13,14)22;1-27-31-7(15)4-28-5-2-14(12(19)13-10(5)18)11-9(17)8(16)6(30-11)3-29-35(23,24)33-36(25,26)32-34(20,21)22;1-25-29-7(15)4-26-5-2-14(12(19)13-10(5)18)11-9(17)8(16)6(28-11)3-27-35(24)31-33(20,21)30-34(22,23)32-35;1-21-24-7(16)4-22-5-2-14(12(20)13-10(5)19)11-9(18)8(17)6(3-15)23-11/h2,6,8-9,11,18-19H,3-4H2,1H3,(H,15,20,21);2,6,8-9,11,16-17H,3-4H2,1H3,(H,23,24)(H,25,26)(H,13,18,19)(H2,20,21,22);2,6,8-9,11,16-17H,3-4H2,1H3,(H,20,21)(H,22,23)(H,13,18,19);2,6,8-9,11,15,17-18H,3-4H2,1H3,(H,13,19,20)/t4*6-,8+,9?,11-/m1111/s1. The summed E-state index contributed by atoms with van der Waals surface area (Å²) in [7, 11) is -28.6. The molecule has 0 radical (unpaired) electrons. The van der Waals surface area contributed by atoms with Crippen molar-refractivity contribution < 1.29 is 239 Å². The summed E-state index contributed by atoms with van der Waals surface area (Å²) in [6.45, 7) is -6.37. The predicted octanol–water partition coefficient (Wildman–Crippen LogP) is -9.12.